The molecule has 0 aliphatic carbocycles. The molecule has 0 heterocycles. The summed E-state index contributed by atoms with van der Waals surface area (Å²) in [4.78, 5) is 0. The molecule has 2 rings (SSSR count). The molecule has 0 aromatic heterocycles. The topological polar surface area (TPSA) is 30.5 Å². The molecule has 3 nitrogen and oxygen atoms in total. The lowest BCUT2D eigenvalue weighted by Crippen LogP contribution is -2.01. The third-order valence-corrected chi connectivity index (χ3v) is 3.81. The number of anilines is 1. The van der Waals surface area contributed by atoms with E-state index in [1.165, 1.54) is 12.1 Å². The largest absolute Gasteiger partial charge is 0.493 e. The first-order chi connectivity index (χ1) is 10.0. The normalized spacial score (nSPS) is 10.3. The molecule has 0 aliphatic heterocycles. The Labute approximate surface area is 136 Å². The Morgan fingerprint density at radius 2 is 1.95 bits per heavy atom. The first-order valence-corrected chi connectivity index (χ1v) is 7.31. The van der Waals surface area contributed by atoms with Crippen LogP contribution in [0.2, 0.25) is 5.02 Å². The highest BCUT2D eigenvalue weighted by Crippen LogP contribution is 2.36. The molecule has 0 unspecified atom stereocenters. The van der Waals surface area contributed by atoms with E-state index in [-0.39, 0.29) is 5.02 Å². The van der Waals surface area contributed by atoms with Crippen molar-refractivity contribution in [3.63, 3.8) is 0 Å². The van der Waals surface area contributed by atoms with Gasteiger partial charge in [0.15, 0.2) is 11.5 Å². The van der Waals surface area contributed by atoms with Crippen molar-refractivity contribution in [3.05, 3.63) is 51.2 Å². The van der Waals surface area contributed by atoms with E-state index in [2.05, 4.69) is 21.2 Å². The predicted octanol–water partition coefficient (Wildman–Crippen LogP) is 4.87. The van der Waals surface area contributed by atoms with Crippen LogP contribution in [0.4, 0.5) is 10.1 Å². The number of methoxy groups -OCH3 is 2. The van der Waals surface area contributed by atoms with Gasteiger partial charge < -0.3 is 14.8 Å². The summed E-state index contributed by atoms with van der Waals surface area (Å²) >= 11 is 9.09. The molecule has 0 saturated carbocycles. The minimum Gasteiger partial charge on any atom is -0.493 e. The third kappa shape index (κ3) is 3.80. The van der Waals surface area contributed by atoms with Gasteiger partial charge in [0.25, 0.3) is 0 Å². The van der Waals surface area contributed by atoms with Crippen LogP contribution in [0.3, 0.4) is 0 Å². The summed E-state index contributed by atoms with van der Waals surface area (Å²) in [6.07, 6.45) is 0. The second-order valence-corrected chi connectivity index (χ2v) is 5.56. The zero-order chi connectivity index (χ0) is 15.4. The lowest BCUT2D eigenvalue weighted by atomic mass is 10.2. The SMILES string of the molecule is COc1cc(CNc2ccc(Cl)c(F)c2)cc(Br)c1OC. The Morgan fingerprint density at radius 1 is 1.19 bits per heavy atom. The van der Waals surface area contributed by atoms with Gasteiger partial charge in [-0.3, -0.25) is 0 Å². The molecule has 0 saturated heterocycles. The zero-order valence-electron chi connectivity index (χ0n) is 11.5. The van der Waals surface area contributed by atoms with E-state index < -0.39 is 5.82 Å². The van der Waals surface area contributed by atoms with Gasteiger partial charge in [0, 0.05) is 12.2 Å². The molecular weight excluding hydrogens is 361 g/mol. The quantitative estimate of drug-likeness (QED) is 0.810. The van der Waals surface area contributed by atoms with Crippen LogP contribution in [0.5, 0.6) is 11.5 Å². The molecule has 6 heteroatoms. The van der Waals surface area contributed by atoms with Crippen LogP contribution in [0.25, 0.3) is 0 Å². The molecule has 0 radical (unpaired) electrons. The molecule has 0 aliphatic rings. The second-order valence-electron chi connectivity index (χ2n) is 4.30. The van der Waals surface area contributed by atoms with E-state index in [4.69, 9.17) is 21.1 Å². The van der Waals surface area contributed by atoms with E-state index in [0.717, 1.165) is 10.0 Å². The Hall–Kier alpha value is -1.46. The predicted molar refractivity (Wildman–Crippen MR) is 86.0 cm³/mol. The minimum atomic E-state index is -0.449. The van der Waals surface area contributed by atoms with Gasteiger partial charge in [0.05, 0.1) is 23.7 Å². The van der Waals surface area contributed by atoms with Gasteiger partial charge in [-0.1, -0.05) is 11.6 Å². The molecule has 21 heavy (non-hydrogen) atoms. The van der Waals surface area contributed by atoms with Gasteiger partial charge in [0.1, 0.15) is 5.82 Å². The van der Waals surface area contributed by atoms with Crippen molar-refractivity contribution < 1.29 is 13.9 Å². The van der Waals surface area contributed by atoms with Crippen LogP contribution >= 0.6 is 27.5 Å². The number of halogens is 3. The maximum atomic E-state index is 13.4. The highest BCUT2D eigenvalue weighted by atomic mass is 79.9. The summed E-state index contributed by atoms with van der Waals surface area (Å²) in [6, 6.07) is 8.38. The Morgan fingerprint density at radius 3 is 2.57 bits per heavy atom. The summed E-state index contributed by atoms with van der Waals surface area (Å²) < 4.78 is 24.7. The average Bonchev–Trinajstić information content (AvgIpc) is 2.47. The Bertz CT molecular complexity index is 652. The van der Waals surface area contributed by atoms with Crippen LogP contribution < -0.4 is 14.8 Å². The van der Waals surface area contributed by atoms with Crippen LogP contribution in [-0.4, -0.2) is 14.2 Å². The van der Waals surface area contributed by atoms with Crippen LogP contribution in [0.1, 0.15) is 5.56 Å². The Kier molecular flexibility index (Phi) is 5.31. The van der Waals surface area contributed by atoms with Gasteiger partial charge in [-0.05, 0) is 51.8 Å². The minimum absolute atomic E-state index is 0.106. The van der Waals surface area contributed by atoms with E-state index in [1.54, 1.807) is 20.3 Å². The van der Waals surface area contributed by atoms with Crippen molar-refractivity contribution in [2.75, 3.05) is 19.5 Å². The fourth-order valence-electron chi connectivity index (χ4n) is 1.88. The van der Waals surface area contributed by atoms with Crippen LogP contribution in [0, 0.1) is 5.82 Å². The first-order valence-electron chi connectivity index (χ1n) is 6.14. The molecule has 0 atom stereocenters. The molecule has 2 aromatic rings. The highest BCUT2D eigenvalue weighted by Gasteiger charge is 2.10. The Balaban J connectivity index is 2.16. The molecule has 2 aromatic carbocycles. The molecule has 0 fully saturated rings. The zero-order valence-corrected chi connectivity index (χ0v) is 13.9. The van der Waals surface area contributed by atoms with Gasteiger partial charge in [-0.15, -0.1) is 0 Å². The second kappa shape index (κ2) is 7.00. The average molecular weight is 375 g/mol. The fraction of sp³-hybridized carbons (Fsp3) is 0.200. The van der Waals surface area contributed by atoms with Gasteiger partial charge >= 0.3 is 0 Å². The molecule has 112 valence electrons. The summed E-state index contributed by atoms with van der Waals surface area (Å²) in [5.74, 6) is 0.819. The number of benzene rings is 2. The van der Waals surface area contributed by atoms with Crippen molar-refractivity contribution in [1.82, 2.24) is 0 Å². The molecular formula is C15H14BrClFNO2. The smallest absolute Gasteiger partial charge is 0.174 e. The van der Waals surface area contributed by atoms with Gasteiger partial charge in [-0.25, -0.2) is 4.39 Å². The summed E-state index contributed by atoms with van der Waals surface area (Å²) in [7, 11) is 3.16. The van der Waals surface area contributed by atoms with Crippen molar-refractivity contribution in [2.24, 2.45) is 0 Å². The molecule has 0 spiro atoms. The molecule has 0 amide bonds. The van der Waals surface area contributed by atoms with Gasteiger partial charge in [0.2, 0.25) is 0 Å². The number of rotatable bonds is 5. The molecule has 1 N–H and O–H groups in total. The van der Waals surface area contributed by atoms with Crippen LogP contribution in [-0.2, 0) is 6.54 Å². The highest BCUT2D eigenvalue weighted by molar-refractivity contribution is 9.10. The number of ether oxygens (including phenoxy) is 2. The summed E-state index contributed by atoms with van der Waals surface area (Å²) in [6.45, 7) is 0.514. The monoisotopic (exact) mass is 373 g/mol. The standard InChI is InChI=1S/C15H14BrClFNO2/c1-20-14-6-9(5-11(16)15(14)21-2)8-19-10-3-4-12(17)13(18)7-10/h3-7,19H,8H2,1-2H3. The first kappa shape index (κ1) is 15.9. The third-order valence-electron chi connectivity index (χ3n) is 2.91. The van der Waals surface area contributed by atoms with E-state index in [0.29, 0.717) is 23.7 Å². The number of hydrogen-bond acceptors (Lipinski definition) is 3. The number of hydrogen-bond donors (Lipinski definition) is 1. The summed E-state index contributed by atoms with van der Waals surface area (Å²) in [5, 5.41) is 3.24. The van der Waals surface area contributed by atoms with Crippen molar-refractivity contribution in [3.8, 4) is 11.5 Å². The maximum absolute atomic E-state index is 13.4. The van der Waals surface area contributed by atoms with Crippen LogP contribution in [0.15, 0.2) is 34.8 Å². The van der Waals surface area contributed by atoms with Crippen molar-refractivity contribution in [2.45, 2.75) is 6.54 Å². The van der Waals surface area contributed by atoms with E-state index in [1.807, 2.05) is 12.1 Å². The fourth-order valence-corrected chi connectivity index (χ4v) is 2.65. The van der Waals surface area contributed by atoms with Crippen molar-refractivity contribution >= 4 is 33.2 Å². The maximum Gasteiger partial charge on any atom is 0.174 e. The summed E-state index contributed by atoms with van der Waals surface area (Å²) in [5.41, 5.74) is 1.62. The van der Waals surface area contributed by atoms with Crippen molar-refractivity contribution in [1.29, 1.82) is 0 Å². The van der Waals surface area contributed by atoms with E-state index >= 15 is 0 Å². The molecule has 0 bridgehead atoms. The number of nitrogens with one attached hydrogen (secondary N) is 1. The van der Waals surface area contributed by atoms with E-state index in [9.17, 15) is 4.39 Å². The lowest BCUT2D eigenvalue weighted by Gasteiger charge is -2.13. The lowest BCUT2D eigenvalue weighted by molar-refractivity contribution is 0.352. The van der Waals surface area contributed by atoms with Gasteiger partial charge in [-0.2, -0.15) is 0 Å².